The lowest BCUT2D eigenvalue weighted by Crippen LogP contribution is -2.44. The van der Waals surface area contributed by atoms with Crippen LogP contribution in [-0.4, -0.2) is 60.8 Å². The van der Waals surface area contributed by atoms with Gasteiger partial charge in [0.25, 0.3) is 0 Å². The number of hydrogen-bond donors (Lipinski definition) is 1. The number of alkyl halides is 1. The van der Waals surface area contributed by atoms with Gasteiger partial charge in [0.1, 0.15) is 30.4 Å². The maximum Gasteiger partial charge on any atom is 0.248 e. The number of amides is 2. The standard InChI is InChI=1S/C30H29FN6O3/c1-17(38)24-15-36(26-9-8-20(10-23(24)26)21-12-32-18(2)33-13-21)16-29(39)37-14-22(31)11-27(37)30(40)35-28-5-3-4-25(34-28)19-6-7-19/h3-5,8-10,12-13,15,19,22,27H,6-7,11,14,16H2,1-2H3,(H,34,35,40)/t22-,27+/m1/s1. The smallest absolute Gasteiger partial charge is 0.248 e. The highest BCUT2D eigenvalue weighted by atomic mass is 19.1. The average Bonchev–Trinajstić information content (AvgIpc) is 3.62. The third-order valence-electron chi connectivity index (χ3n) is 7.57. The summed E-state index contributed by atoms with van der Waals surface area (Å²) in [6.07, 6.45) is 5.87. The summed E-state index contributed by atoms with van der Waals surface area (Å²) in [4.78, 5) is 53.4. The van der Waals surface area contributed by atoms with Gasteiger partial charge < -0.3 is 14.8 Å². The summed E-state index contributed by atoms with van der Waals surface area (Å²) in [7, 11) is 0. The molecule has 40 heavy (non-hydrogen) atoms. The van der Waals surface area contributed by atoms with Crippen LogP contribution in [0.5, 0.6) is 0 Å². The molecule has 4 aromatic rings. The molecule has 0 unspecified atom stereocenters. The first-order valence-corrected chi connectivity index (χ1v) is 13.4. The molecule has 3 aromatic heterocycles. The maximum absolute atomic E-state index is 14.5. The van der Waals surface area contributed by atoms with Gasteiger partial charge in [-0.3, -0.25) is 14.4 Å². The summed E-state index contributed by atoms with van der Waals surface area (Å²) < 4.78 is 16.2. The van der Waals surface area contributed by atoms with E-state index in [1.165, 1.54) is 11.8 Å². The first kappa shape index (κ1) is 25.8. The highest BCUT2D eigenvalue weighted by Gasteiger charge is 2.40. The summed E-state index contributed by atoms with van der Waals surface area (Å²) in [5.41, 5.74) is 3.74. The Morgan fingerprint density at radius 2 is 1.85 bits per heavy atom. The largest absolute Gasteiger partial charge is 0.337 e. The monoisotopic (exact) mass is 540 g/mol. The zero-order valence-electron chi connectivity index (χ0n) is 22.3. The van der Waals surface area contributed by atoms with Crippen LogP contribution in [0, 0.1) is 6.92 Å². The molecular formula is C30H29FN6O3. The number of aromatic nitrogens is 4. The van der Waals surface area contributed by atoms with E-state index in [0.29, 0.717) is 34.0 Å². The van der Waals surface area contributed by atoms with Crippen LogP contribution in [0.2, 0.25) is 0 Å². The van der Waals surface area contributed by atoms with Crippen molar-refractivity contribution in [3.63, 3.8) is 0 Å². The number of nitrogens with zero attached hydrogens (tertiary/aromatic N) is 5. The van der Waals surface area contributed by atoms with E-state index in [-0.39, 0.29) is 25.3 Å². The molecule has 2 atom stereocenters. The molecule has 0 spiro atoms. The summed E-state index contributed by atoms with van der Waals surface area (Å²) in [5.74, 6) is 0.488. The van der Waals surface area contributed by atoms with E-state index in [4.69, 9.17) is 0 Å². The number of nitrogens with one attached hydrogen (secondary N) is 1. The predicted octanol–water partition coefficient (Wildman–Crippen LogP) is 4.46. The van der Waals surface area contributed by atoms with Crippen LogP contribution < -0.4 is 5.32 Å². The number of Topliss-reactive ketones (excluding diaryl/α,β-unsaturated/α-hetero) is 1. The molecule has 1 aliphatic heterocycles. The Kier molecular flexibility index (Phi) is 6.61. The zero-order valence-corrected chi connectivity index (χ0v) is 22.3. The first-order valence-electron chi connectivity index (χ1n) is 13.4. The van der Waals surface area contributed by atoms with Gasteiger partial charge in [0, 0.05) is 58.7 Å². The third-order valence-corrected chi connectivity index (χ3v) is 7.57. The molecule has 0 bridgehead atoms. The summed E-state index contributed by atoms with van der Waals surface area (Å²) in [5, 5.41) is 3.47. The number of carbonyl (C=O) groups is 3. The van der Waals surface area contributed by atoms with Crippen LogP contribution in [0.25, 0.3) is 22.0 Å². The average molecular weight is 541 g/mol. The van der Waals surface area contributed by atoms with Gasteiger partial charge in [-0.15, -0.1) is 0 Å². The van der Waals surface area contributed by atoms with Crippen LogP contribution >= 0.6 is 0 Å². The number of hydrogen-bond acceptors (Lipinski definition) is 6. The molecule has 204 valence electrons. The fourth-order valence-electron chi connectivity index (χ4n) is 5.31. The van der Waals surface area contributed by atoms with E-state index < -0.39 is 24.0 Å². The van der Waals surface area contributed by atoms with E-state index in [1.54, 1.807) is 36.1 Å². The molecule has 9 nitrogen and oxygen atoms in total. The molecule has 2 amide bonds. The number of rotatable bonds is 7. The van der Waals surface area contributed by atoms with Gasteiger partial charge in [-0.2, -0.15) is 0 Å². The fraction of sp³-hybridized carbons (Fsp3) is 0.333. The van der Waals surface area contributed by atoms with Crippen molar-refractivity contribution >= 4 is 34.3 Å². The van der Waals surface area contributed by atoms with Gasteiger partial charge in [-0.1, -0.05) is 12.1 Å². The van der Waals surface area contributed by atoms with Crippen LogP contribution in [0.3, 0.4) is 0 Å². The van der Waals surface area contributed by atoms with Gasteiger partial charge in [0.05, 0.1) is 6.54 Å². The second kappa shape index (κ2) is 10.3. The molecule has 4 heterocycles. The minimum Gasteiger partial charge on any atom is -0.337 e. The second-order valence-corrected chi connectivity index (χ2v) is 10.6. The van der Waals surface area contributed by atoms with Gasteiger partial charge in [-0.25, -0.2) is 19.3 Å². The quantitative estimate of drug-likeness (QED) is 0.347. The minimum atomic E-state index is -1.31. The van der Waals surface area contributed by atoms with Crippen LogP contribution in [-0.2, 0) is 16.1 Å². The molecule has 1 aromatic carbocycles. The number of ketones is 1. The van der Waals surface area contributed by atoms with Crippen molar-refractivity contribution in [1.82, 2.24) is 24.4 Å². The van der Waals surface area contributed by atoms with Crippen molar-refractivity contribution in [2.45, 2.75) is 57.8 Å². The maximum atomic E-state index is 14.5. The fourth-order valence-corrected chi connectivity index (χ4v) is 5.31. The molecule has 1 saturated carbocycles. The van der Waals surface area contributed by atoms with Crippen LogP contribution in [0.4, 0.5) is 10.2 Å². The van der Waals surface area contributed by atoms with Crippen molar-refractivity contribution in [3.8, 4) is 11.1 Å². The van der Waals surface area contributed by atoms with Gasteiger partial charge >= 0.3 is 0 Å². The molecule has 2 fully saturated rings. The van der Waals surface area contributed by atoms with E-state index in [2.05, 4.69) is 20.3 Å². The third kappa shape index (κ3) is 5.09. The lowest BCUT2D eigenvalue weighted by Gasteiger charge is -2.24. The Morgan fingerprint density at radius 1 is 1.07 bits per heavy atom. The SMILES string of the molecule is CC(=O)c1cn(CC(=O)N2C[C@H](F)C[C@H]2C(=O)Nc2cccc(C3CC3)n2)c2ccc(-c3cnc(C)nc3)cc12. The number of halogens is 1. The van der Waals surface area contributed by atoms with Crippen molar-refractivity contribution in [3.05, 3.63) is 72.1 Å². The predicted molar refractivity (Wildman–Crippen MR) is 148 cm³/mol. The molecule has 6 rings (SSSR count). The number of likely N-dealkylation sites (tertiary alicyclic amines) is 1. The van der Waals surface area contributed by atoms with E-state index in [0.717, 1.165) is 29.7 Å². The van der Waals surface area contributed by atoms with Crippen LogP contribution in [0.15, 0.2) is 55.0 Å². The molecule has 0 radical (unpaired) electrons. The summed E-state index contributed by atoms with van der Waals surface area (Å²) in [6, 6.07) is 10.1. The Bertz CT molecular complexity index is 1630. The highest BCUT2D eigenvalue weighted by Crippen LogP contribution is 2.39. The Morgan fingerprint density at radius 3 is 2.58 bits per heavy atom. The molecule has 10 heteroatoms. The lowest BCUT2D eigenvalue weighted by molar-refractivity contribution is -0.137. The number of pyridine rings is 1. The Hall–Kier alpha value is -4.47. The number of benzene rings is 1. The van der Waals surface area contributed by atoms with Gasteiger partial charge in [-0.05, 0) is 56.5 Å². The number of carbonyl (C=O) groups excluding carboxylic acids is 3. The summed E-state index contributed by atoms with van der Waals surface area (Å²) in [6.45, 7) is 2.98. The molecule has 2 aliphatic rings. The number of anilines is 1. The minimum absolute atomic E-state index is 0.0764. The van der Waals surface area contributed by atoms with Crippen molar-refractivity contribution in [2.24, 2.45) is 0 Å². The Labute approximate surface area is 230 Å². The molecular weight excluding hydrogens is 511 g/mol. The number of fused-ring (bicyclic) bond motifs is 1. The molecule has 1 N–H and O–H groups in total. The highest BCUT2D eigenvalue weighted by molar-refractivity contribution is 6.08. The normalized spacial score (nSPS) is 18.7. The number of aryl methyl sites for hydroxylation is 1. The zero-order chi connectivity index (χ0) is 28.0. The second-order valence-electron chi connectivity index (χ2n) is 10.6. The molecule has 1 saturated heterocycles. The van der Waals surface area contributed by atoms with E-state index in [9.17, 15) is 18.8 Å². The first-order chi connectivity index (χ1) is 19.3. The lowest BCUT2D eigenvalue weighted by atomic mass is 10.0. The summed E-state index contributed by atoms with van der Waals surface area (Å²) >= 11 is 0. The van der Waals surface area contributed by atoms with E-state index >= 15 is 0 Å². The van der Waals surface area contributed by atoms with E-state index in [1.807, 2.05) is 30.3 Å². The van der Waals surface area contributed by atoms with Crippen LogP contribution in [0.1, 0.15) is 54.0 Å². The molecule has 1 aliphatic carbocycles. The van der Waals surface area contributed by atoms with Crippen molar-refractivity contribution in [2.75, 3.05) is 11.9 Å². The topological polar surface area (TPSA) is 110 Å². The van der Waals surface area contributed by atoms with Crippen molar-refractivity contribution in [1.29, 1.82) is 0 Å². The van der Waals surface area contributed by atoms with Gasteiger partial charge in [0.15, 0.2) is 5.78 Å². The van der Waals surface area contributed by atoms with Crippen molar-refractivity contribution < 1.29 is 18.8 Å². The van der Waals surface area contributed by atoms with Gasteiger partial charge in [0.2, 0.25) is 11.8 Å². The Balaban J connectivity index is 1.24.